The van der Waals surface area contributed by atoms with Crippen LogP contribution in [-0.4, -0.2) is 36.0 Å². The lowest BCUT2D eigenvalue weighted by Crippen LogP contribution is -2.30. The van der Waals surface area contributed by atoms with Crippen molar-refractivity contribution in [3.05, 3.63) is 53.6 Å². The van der Waals surface area contributed by atoms with Crippen LogP contribution < -0.4 is 10.1 Å². The Hall–Kier alpha value is -3.35. The number of amides is 1. The van der Waals surface area contributed by atoms with E-state index >= 15 is 0 Å². The summed E-state index contributed by atoms with van der Waals surface area (Å²) in [6.07, 6.45) is -1.11. The van der Waals surface area contributed by atoms with E-state index in [1.165, 1.54) is 45.2 Å². The fraction of sp³-hybridized carbons (Fsp3) is 0.211. The van der Waals surface area contributed by atoms with E-state index < -0.39 is 18.0 Å². The van der Waals surface area contributed by atoms with Gasteiger partial charge in [-0.25, -0.2) is 4.79 Å². The first-order valence-corrected chi connectivity index (χ1v) is 7.81. The van der Waals surface area contributed by atoms with Crippen molar-refractivity contribution in [3.8, 4) is 11.5 Å². The molecule has 0 fully saturated rings. The van der Waals surface area contributed by atoms with Gasteiger partial charge in [0.25, 0.3) is 5.91 Å². The summed E-state index contributed by atoms with van der Waals surface area (Å²) in [5, 5.41) is 12.4. The van der Waals surface area contributed by atoms with Gasteiger partial charge in [-0.05, 0) is 38.1 Å². The van der Waals surface area contributed by atoms with Gasteiger partial charge in [-0.1, -0.05) is 12.1 Å². The Morgan fingerprint density at radius 3 is 2.46 bits per heavy atom. The van der Waals surface area contributed by atoms with E-state index in [9.17, 15) is 19.5 Å². The number of Topliss-reactive ketones (excluding diaryl/α,β-unsaturated/α-hetero) is 1. The summed E-state index contributed by atoms with van der Waals surface area (Å²) in [6.45, 7) is 2.83. The predicted octanol–water partition coefficient (Wildman–Crippen LogP) is 2.79. The highest BCUT2D eigenvalue weighted by molar-refractivity contribution is 6.00. The molecule has 0 saturated carbocycles. The Labute approximate surface area is 150 Å². The molecule has 0 aliphatic rings. The van der Waals surface area contributed by atoms with Crippen LogP contribution in [0, 0.1) is 0 Å². The minimum atomic E-state index is -1.11. The van der Waals surface area contributed by atoms with Gasteiger partial charge in [-0.3, -0.25) is 9.59 Å². The van der Waals surface area contributed by atoms with Crippen molar-refractivity contribution in [2.75, 3.05) is 12.4 Å². The molecule has 7 nitrogen and oxygen atoms in total. The summed E-state index contributed by atoms with van der Waals surface area (Å²) in [7, 11) is 1.43. The minimum Gasteiger partial charge on any atom is -0.507 e. The maximum absolute atomic E-state index is 12.2. The molecule has 0 heterocycles. The molecule has 0 radical (unpaired) electrons. The van der Waals surface area contributed by atoms with Gasteiger partial charge in [0.05, 0.1) is 7.11 Å². The Kier molecular flexibility index (Phi) is 5.95. The molecular weight excluding hydrogens is 338 g/mol. The van der Waals surface area contributed by atoms with Crippen molar-refractivity contribution in [1.29, 1.82) is 0 Å². The van der Waals surface area contributed by atoms with E-state index in [1.54, 1.807) is 18.2 Å². The molecule has 2 N–H and O–H groups in total. The second-order valence-corrected chi connectivity index (χ2v) is 5.56. The number of phenols is 1. The summed E-state index contributed by atoms with van der Waals surface area (Å²) in [4.78, 5) is 35.7. The van der Waals surface area contributed by atoms with E-state index in [-0.39, 0.29) is 17.1 Å². The average molecular weight is 357 g/mol. The first-order valence-electron chi connectivity index (χ1n) is 7.81. The molecule has 136 valence electrons. The molecule has 2 rings (SSSR count). The van der Waals surface area contributed by atoms with Gasteiger partial charge in [0, 0.05) is 17.3 Å². The normalized spacial score (nSPS) is 11.3. The third kappa shape index (κ3) is 4.60. The number of esters is 1. The lowest BCUT2D eigenvalue weighted by atomic mass is 10.1. The van der Waals surface area contributed by atoms with E-state index in [4.69, 9.17) is 9.47 Å². The van der Waals surface area contributed by atoms with Gasteiger partial charge in [-0.15, -0.1) is 0 Å². The molecule has 0 aliphatic carbocycles. The zero-order valence-corrected chi connectivity index (χ0v) is 14.6. The molecule has 0 aliphatic heterocycles. The topological polar surface area (TPSA) is 102 Å². The summed E-state index contributed by atoms with van der Waals surface area (Å²) in [6, 6.07) is 10.5. The van der Waals surface area contributed by atoms with E-state index in [0.29, 0.717) is 17.0 Å². The number of phenolic OH excluding ortho intramolecular Hbond substituents is 1. The highest BCUT2D eigenvalue weighted by Gasteiger charge is 2.21. The van der Waals surface area contributed by atoms with Gasteiger partial charge in [0.2, 0.25) is 0 Å². The van der Waals surface area contributed by atoms with Gasteiger partial charge in [0.1, 0.15) is 17.1 Å². The molecule has 2 aromatic carbocycles. The molecule has 2 aromatic rings. The van der Waals surface area contributed by atoms with Crippen LogP contribution in [0.5, 0.6) is 11.5 Å². The number of carbonyl (C=O) groups excluding carboxylic acids is 3. The monoisotopic (exact) mass is 357 g/mol. The highest BCUT2D eigenvalue weighted by Crippen LogP contribution is 2.24. The van der Waals surface area contributed by atoms with Crippen molar-refractivity contribution in [2.45, 2.75) is 20.0 Å². The number of rotatable bonds is 6. The SMILES string of the molecule is COc1ccc(C(=O)O[C@H](C)C(=O)Nc2cccc(C(C)=O)c2)c(O)c1. The molecule has 0 saturated heterocycles. The van der Waals surface area contributed by atoms with Crippen LogP contribution >= 0.6 is 0 Å². The number of methoxy groups -OCH3 is 1. The third-order valence-corrected chi connectivity index (χ3v) is 3.61. The molecule has 0 unspecified atom stereocenters. The van der Waals surface area contributed by atoms with Crippen molar-refractivity contribution in [3.63, 3.8) is 0 Å². The maximum Gasteiger partial charge on any atom is 0.342 e. The van der Waals surface area contributed by atoms with Gasteiger partial charge < -0.3 is 19.9 Å². The standard InChI is InChI=1S/C19H19NO6/c1-11(21)13-5-4-6-14(9-13)20-18(23)12(2)26-19(24)16-8-7-15(25-3)10-17(16)22/h4-10,12,22H,1-3H3,(H,20,23)/t12-/m1/s1. The molecule has 0 spiro atoms. The first-order chi connectivity index (χ1) is 12.3. The molecular formula is C19H19NO6. The van der Waals surface area contributed by atoms with Crippen LogP contribution in [-0.2, 0) is 9.53 Å². The summed E-state index contributed by atoms with van der Waals surface area (Å²) in [5.74, 6) is -1.46. The number of hydrogen-bond acceptors (Lipinski definition) is 6. The Morgan fingerprint density at radius 1 is 1.12 bits per heavy atom. The Bertz CT molecular complexity index is 846. The summed E-state index contributed by atoms with van der Waals surface area (Å²) >= 11 is 0. The van der Waals surface area contributed by atoms with Crippen LogP contribution in [0.3, 0.4) is 0 Å². The van der Waals surface area contributed by atoms with E-state index in [0.717, 1.165) is 0 Å². The summed E-state index contributed by atoms with van der Waals surface area (Å²) < 4.78 is 10.0. The number of hydrogen-bond donors (Lipinski definition) is 2. The number of ketones is 1. The molecule has 0 bridgehead atoms. The second-order valence-electron chi connectivity index (χ2n) is 5.56. The van der Waals surface area contributed by atoms with Gasteiger partial charge >= 0.3 is 5.97 Å². The smallest absolute Gasteiger partial charge is 0.342 e. The fourth-order valence-electron chi connectivity index (χ4n) is 2.15. The Morgan fingerprint density at radius 2 is 1.85 bits per heavy atom. The minimum absolute atomic E-state index is 0.0796. The lowest BCUT2D eigenvalue weighted by molar-refractivity contribution is -0.123. The average Bonchev–Trinajstić information content (AvgIpc) is 2.61. The number of nitrogens with one attached hydrogen (secondary N) is 1. The van der Waals surface area contributed by atoms with Crippen LogP contribution in [0.15, 0.2) is 42.5 Å². The Balaban J connectivity index is 2.03. The van der Waals surface area contributed by atoms with Crippen molar-refractivity contribution in [2.24, 2.45) is 0 Å². The zero-order chi connectivity index (χ0) is 19.3. The molecule has 7 heteroatoms. The number of carbonyl (C=O) groups is 3. The lowest BCUT2D eigenvalue weighted by Gasteiger charge is -2.14. The molecule has 26 heavy (non-hydrogen) atoms. The zero-order valence-electron chi connectivity index (χ0n) is 14.6. The van der Waals surface area contributed by atoms with Crippen molar-refractivity contribution < 1.29 is 29.0 Å². The molecule has 0 aromatic heterocycles. The van der Waals surface area contributed by atoms with Crippen LogP contribution in [0.1, 0.15) is 34.6 Å². The third-order valence-electron chi connectivity index (χ3n) is 3.61. The quantitative estimate of drug-likeness (QED) is 0.609. The van der Waals surface area contributed by atoms with E-state index in [1.807, 2.05) is 0 Å². The molecule has 1 atom stereocenters. The van der Waals surface area contributed by atoms with Crippen LogP contribution in [0.25, 0.3) is 0 Å². The number of ether oxygens (including phenoxy) is 2. The maximum atomic E-state index is 12.2. The number of aromatic hydroxyl groups is 1. The van der Waals surface area contributed by atoms with Gasteiger partial charge in [-0.2, -0.15) is 0 Å². The van der Waals surface area contributed by atoms with Crippen LogP contribution in [0.4, 0.5) is 5.69 Å². The summed E-state index contributed by atoms with van der Waals surface area (Å²) in [5.41, 5.74) is 0.789. The van der Waals surface area contributed by atoms with Crippen LogP contribution in [0.2, 0.25) is 0 Å². The van der Waals surface area contributed by atoms with Crippen molar-refractivity contribution >= 4 is 23.3 Å². The van der Waals surface area contributed by atoms with Gasteiger partial charge in [0.15, 0.2) is 11.9 Å². The van der Waals surface area contributed by atoms with Crippen molar-refractivity contribution in [1.82, 2.24) is 0 Å². The highest BCUT2D eigenvalue weighted by atomic mass is 16.5. The fourth-order valence-corrected chi connectivity index (χ4v) is 2.15. The largest absolute Gasteiger partial charge is 0.507 e. The second kappa shape index (κ2) is 8.15. The number of benzene rings is 2. The predicted molar refractivity (Wildman–Crippen MR) is 94.6 cm³/mol. The molecule has 1 amide bonds. The van der Waals surface area contributed by atoms with E-state index in [2.05, 4.69) is 5.32 Å². The number of anilines is 1. The first kappa shape index (κ1) is 19.0.